The molecule has 8 nitrogen and oxygen atoms in total. The summed E-state index contributed by atoms with van der Waals surface area (Å²) >= 11 is 6.04. The first kappa shape index (κ1) is 20.6. The first-order valence-corrected chi connectivity index (χ1v) is 8.86. The number of imide groups is 1. The van der Waals surface area contributed by atoms with E-state index < -0.39 is 24.4 Å². The Labute approximate surface area is 175 Å². The second-order valence-corrected chi connectivity index (χ2v) is 6.49. The Balaban J connectivity index is 1.95. The minimum Gasteiger partial charge on any atom is -0.457 e. The molecule has 0 bridgehead atoms. The SMILES string of the molecule is CC1=C(C#N)C(=O)NC(=O)/C1=C\c1ccc(-c2ccc(Cl)c(C(=O)OCC#N)c2)o1. The van der Waals surface area contributed by atoms with Gasteiger partial charge >= 0.3 is 5.97 Å². The fourth-order valence-corrected chi connectivity index (χ4v) is 2.95. The molecule has 0 fully saturated rings. The van der Waals surface area contributed by atoms with Gasteiger partial charge in [0.05, 0.1) is 10.6 Å². The number of benzene rings is 1. The van der Waals surface area contributed by atoms with Crippen LogP contribution in [0, 0.1) is 22.7 Å². The summed E-state index contributed by atoms with van der Waals surface area (Å²) in [4.78, 5) is 35.8. The normalized spacial score (nSPS) is 14.9. The largest absolute Gasteiger partial charge is 0.457 e. The van der Waals surface area contributed by atoms with Crippen molar-refractivity contribution < 1.29 is 23.5 Å². The number of esters is 1. The van der Waals surface area contributed by atoms with E-state index in [0.29, 0.717) is 17.1 Å². The number of furan rings is 1. The third kappa shape index (κ3) is 4.00. The lowest BCUT2D eigenvalue weighted by molar-refractivity contribution is -0.126. The minimum absolute atomic E-state index is 0.0725. The van der Waals surface area contributed by atoms with Crippen molar-refractivity contribution in [2.45, 2.75) is 6.92 Å². The average molecular weight is 422 g/mol. The molecular weight excluding hydrogens is 410 g/mol. The second kappa shape index (κ2) is 8.48. The molecule has 2 amide bonds. The zero-order chi connectivity index (χ0) is 21.8. The highest BCUT2D eigenvalue weighted by Gasteiger charge is 2.27. The average Bonchev–Trinajstić information content (AvgIpc) is 3.18. The predicted octanol–water partition coefficient (Wildman–Crippen LogP) is 3.16. The summed E-state index contributed by atoms with van der Waals surface area (Å²) in [5.41, 5.74) is 0.817. The fourth-order valence-electron chi connectivity index (χ4n) is 2.75. The summed E-state index contributed by atoms with van der Waals surface area (Å²) in [7, 11) is 0. The molecule has 3 rings (SSSR count). The van der Waals surface area contributed by atoms with E-state index in [-0.39, 0.29) is 27.3 Å². The molecule has 0 saturated heterocycles. The number of carbonyl (C=O) groups is 3. The van der Waals surface area contributed by atoms with E-state index in [1.807, 2.05) is 0 Å². The number of nitrogens with zero attached hydrogens (tertiary/aromatic N) is 2. The molecule has 30 heavy (non-hydrogen) atoms. The Morgan fingerprint density at radius 1 is 1.23 bits per heavy atom. The van der Waals surface area contributed by atoms with Gasteiger partial charge in [0.2, 0.25) is 0 Å². The molecule has 2 heterocycles. The summed E-state index contributed by atoms with van der Waals surface area (Å²) < 4.78 is 10.5. The van der Waals surface area contributed by atoms with E-state index in [9.17, 15) is 14.4 Å². The molecule has 0 saturated carbocycles. The van der Waals surface area contributed by atoms with Crippen LogP contribution in [0.2, 0.25) is 5.02 Å². The van der Waals surface area contributed by atoms with Crippen LogP contribution < -0.4 is 5.32 Å². The van der Waals surface area contributed by atoms with Gasteiger partial charge in [0.1, 0.15) is 29.2 Å². The highest BCUT2D eigenvalue weighted by molar-refractivity contribution is 6.33. The van der Waals surface area contributed by atoms with Crippen LogP contribution in [0.4, 0.5) is 0 Å². The summed E-state index contributed by atoms with van der Waals surface area (Å²) in [6.45, 7) is 1.10. The van der Waals surface area contributed by atoms with Crippen molar-refractivity contribution in [3.05, 3.63) is 63.4 Å². The summed E-state index contributed by atoms with van der Waals surface area (Å²) in [5, 5.41) is 19.9. The van der Waals surface area contributed by atoms with Gasteiger partial charge in [-0.25, -0.2) is 4.79 Å². The smallest absolute Gasteiger partial charge is 0.340 e. The van der Waals surface area contributed by atoms with Crippen molar-refractivity contribution in [3.8, 4) is 23.5 Å². The monoisotopic (exact) mass is 421 g/mol. The van der Waals surface area contributed by atoms with Gasteiger partial charge in [-0.3, -0.25) is 14.9 Å². The van der Waals surface area contributed by atoms with Crippen molar-refractivity contribution in [1.29, 1.82) is 10.5 Å². The lowest BCUT2D eigenvalue weighted by atomic mass is 9.96. The maximum Gasteiger partial charge on any atom is 0.340 e. The first-order chi connectivity index (χ1) is 14.3. The number of carbonyl (C=O) groups excluding carboxylic acids is 3. The van der Waals surface area contributed by atoms with Crippen LogP contribution in [0.5, 0.6) is 0 Å². The van der Waals surface area contributed by atoms with Crippen molar-refractivity contribution in [1.82, 2.24) is 5.32 Å². The topological polar surface area (TPSA) is 133 Å². The van der Waals surface area contributed by atoms with Gasteiger partial charge in [0.25, 0.3) is 11.8 Å². The van der Waals surface area contributed by atoms with Gasteiger partial charge < -0.3 is 9.15 Å². The number of nitrogens with one attached hydrogen (secondary N) is 1. The lowest BCUT2D eigenvalue weighted by Gasteiger charge is -2.15. The maximum atomic E-state index is 12.1. The summed E-state index contributed by atoms with van der Waals surface area (Å²) in [6.07, 6.45) is 1.41. The number of nitriles is 2. The molecule has 148 valence electrons. The molecule has 0 radical (unpaired) electrons. The number of hydrogen-bond donors (Lipinski definition) is 1. The fraction of sp³-hybridized carbons (Fsp3) is 0.0952. The van der Waals surface area contributed by atoms with E-state index in [1.165, 1.54) is 25.1 Å². The molecule has 2 aromatic rings. The number of ether oxygens (including phenoxy) is 1. The van der Waals surface area contributed by atoms with Crippen LogP contribution in [0.1, 0.15) is 23.0 Å². The minimum atomic E-state index is -0.745. The Hall–Kier alpha value is -4.14. The predicted molar refractivity (Wildman–Crippen MR) is 104 cm³/mol. The Bertz CT molecular complexity index is 1220. The lowest BCUT2D eigenvalue weighted by Crippen LogP contribution is -2.37. The molecule has 1 aromatic carbocycles. The van der Waals surface area contributed by atoms with Crippen LogP contribution in [-0.4, -0.2) is 24.4 Å². The van der Waals surface area contributed by atoms with Crippen LogP contribution in [0.15, 0.2) is 51.5 Å². The van der Waals surface area contributed by atoms with Crippen molar-refractivity contribution in [2.24, 2.45) is 0 Å². The second-order valence-electron chi connectivity index (χ2n) is 6.08. The molecule has 1 aliphatic heterocycles. The van der Waals surface area contributed by atoms with E-state index in [0.717, 1.165) is 0 Å². The zero-order valence-electron chi connectivity index (χ0n) is 15.5. The number of halogens is 1. The first-order valence-electron chi connectivity index (χ1n) is 8.48. The molecule has 1 aliphatic rings. The Morgan fingerprint density at radius 2 is 2.00 bits per heavy atom. The quantitative estimate of drug-likeness (QED) is 0.455. The third-order valence-corrected chi connectivity index (χ3v) is 4.57. The summed E-state index contributed by atoms with van der Waals surface area (Å²) in [5.74, 6) is -1.45. The van der Waals surface area contributed by atoms with Gasteiger partial charge in [-0.2, -0.15) is 10.5 Å². The van der Waals surface area contributed by atoms with Gasteiger partial charge in [-0.1, -0.05) is 11.6 Å². The molecule has 1 N–H and O–H groups in total. The molecule has 9 heteroatoms. The summed E-state index contributed by atoms with van der Waals surface area (Å²) in [6, 6.07) is 11.3. The van der Waals surface area contributed by atoms with E-state index in [4.69, 9.17) is 31.3 Å². The molecular formula is C21H12ClN3O5. The molecule has 0 aliphatic carbocycles. The standard InChI is InChI=1S/C21H12ClN3O5/c1-11-14(19(26)25-20(27)16(11)10-24)9-13-3-5-18(30-13)12-2-4-17(22)15(8-12)21(28)29-7-6-23/h2-5,8-9H,7H2,1H3,(H,25,26,27)/b14-9-. The zero-order valence-corrected chi connectivity index (χ0v) is 16.2. The van der Waals surface area contributed by atoms with Crippen LogP contribution in [0.25, 0.3) is 17.4 Å². The Morgan fingerprint density at radius 3 is 2.70 bits per heavy atom. The Kier molecular flexibility index (Phi) is 5.82. The molecule has 0 atom stereocenters. The maximum absolute atomic E-state index is 12.1. The molecule has 0 unspecified atom stereocenters. The molecule has 1 aromatic heterocycles. The third-order valence-electron chi connectivity index (χ3n) is 4.24. The van der Waals surface area contributed by atoms with Gasteiger partial charge in [-0.05, 0) is 48.9 Å². The van der Waals surface area contributed by atoms with Gasteiger partial charge in [0.15, 0.2) is 6.61 Å². The van der Waals surface area contributed by atoms with Crippen LogP contribution in [-0.2, 0) is 14.3 Å². The van der Waals surface area contributed by atoms with Gasteiger partial charge in [0, 0.05) is 11.1 Å². The van der Waals surface area contributed by atoms with Crippen LogP contribution in [0.3, 0.4) is 0 Å². The van der Waals surface area contributed by atoms with E-state index in [1.54, 1.807) is 30.3 Å². The van der Waals surface area contributed by atoms with Crippen molar-refractivity contribution >= 4 is 35.5 Å². The molecule has 0 spiro atoms. The van der Waals surface area contributed by atoms with E-state index >= 15 is 0 Å². The van der Waals surface area contributed by atoms with Gasteiger partial charge in [-0.15, -0.1) is 0 Å². The number of hydrogen-bond acceptors (Lipinski definition) is 7. The number of rotatable bonds is 4. The van der Waals surface area contributed by atoms with Crippen LogP contribution >= 0.6 is 11.6 Å². The van der Waals surface area contributed by atoms with Crippen molar-refractivity contribution in [3.63, 3.8) is 0 Å². The highest BCUT2D eigenvalue weighted by atomic mass is 35.5. The number of amides is 2. The van der Waals surface area contributed by atoms with E-state index in [2.05, 4.69) is 5.32 Å². The van der Waals surface area contributed by atoms with Crippen molar-refractivity contribution in [2.75, 3.05) is 6.61 Å². The highest BCUT2D eigenvalue weighted by Crippen LogP contribution is 2.29.